The van der Waals surface area contributed by atoms with Crippen molar-refractivity contribution in [3.8, 4) is 0 Å². The monoisotopic (exact) mass is 286 g/mol. The van der Waals surface area contributed by atoms with Gasteiger partial charge in [-0.1, -0.05) is 0 Å². The van der Waals surface area contributed by atoms with Crippen molar-refractivity contribution in [1.82, 2.24) is 4.31 Å². The van der Waals surface area contributed by atoms with Crippen LogP contribution in [-0.2, 0) is 10.0 Å². The van der Waals surface area contributed by atoms with Crippen molar-refractivity contribution in [2.45, 2.75) is 11.3 Å². The molecule has 19 heavy (non-hydrogen) atoms. The minimum absolute atomic E-state index is 0.0801. The molecule has 0 bridgehead atoms. The topological polar surface area (TPSA) is 118 Å². The smallest absolute Gasteiger partial charge is 0.270 e. The molecule has 0 saturated carbocycles. The maximum absolute atomic E-state index is 12.1. The average molecular weight is 286 g/mol. The van der Waals surface area contributed by atoms with Gasteiger partial charge in [0.2, 0.25) is 0 Å². The fraction of sp³-hybridized carbons (Fsp3) is 0.300. The SMILES string of the molecule is O=C1c2ccc([N+](=O)[O-])cc2S(=O)(=O)N1CCCO. The van der Waals surface area contributed by atoms with Crippen LogP contribution in [0.4, 0.5) is 5.69 Å². The van der Waals surface area contributed by atoms with Gasteiger partial charge in [-0.15, -0.1) is 0 Å². The second kappa shape index (κ2) is 4.59. The molecule has 9 heteroatoms. The Bertz CT molecular complexity index is 654. The molecule has 0 radical (unpaired) electrons. The third kappa shape index (κ3) is 2.06. The van der Waals surface area contributed by atoms with Gasteiger partial charge in [0.05, 0.1) is 10.5 Å². The van der Waals surface area contributed by atoms with Crippen molar-refractivity contribution in [2.24, 2.45) is 0 Å². The maximum atomic E-state index is 12.1. The molecule has 0 unspecified atom stereocenters. The first-order valence-electron chi connectivity index (χ1n) is 5.36. The molecular formula is C10H10N2O6S. The van der Waals surface area contributed by atoms with Crippen molar-refractivity contribution in [1.29, 1.82) is 0 Å². The van der Waals surface area contributed by atoms with Crippen LogP contribution in [0.2, 0.25) is 0 Å². The highest BCUT2D eigenvalue weighted by Crippen LogP contribution is 2.32. The van der Waals surface area contributed by atoms with E-state index in [1.807, 2.05) is 0 Å². The van der Waals surface area contributed by atoms with Crippen molar-refractivity contribution in [3.63, 3.8) is 0 Å². The predicted octanol–water partition coefficient (Wildman–Crippen LogP) is 0.122. The minimum Gasteiger partial charge on any atom is -0.396 e. The van der Waals surface area contributed by atoms with Crippen LogP contribution < -0.4 is 0 Å². The van der Waals surface area contributed by atoms with Crippen molar-refractivity contribution in [3.05, 3.63) is 33.9 Å². The molecule has 0 spiro atoms. The van der Waals surface area contributed by atoms with E-state index in [2.05, 4.69) is 0 Å². The lowest BCUT2D eigenvalue weighted by Gasteiger charge is -2.13. The summed E-state index contributed by atoms with van der Waals surface area (Å²) in [7, 11) is -4.06. The summed E-state index contributed by atoms with van der Waals surface area (Å²) < 4.78 is 24.8. The van der Waals surface area contributed by atoms with Crippen LogP contribution in [0.3, 0.4) is 0 Å². The Kier molecular flexibility index (Phi) is 3.25. The maximum Gasteiger partial charge on any atom is 0.270 e. The van der Waals surface area contributed by atoms with Crippen LogP contribution in [0.5, 0.6) is 0 Å². The number of fused-ring (bicyclic) bond motifs is 1. The number of hydrogen-bond donors (Lipinski definition) is 1. The standard InChI is InChI=1S/C10H10N2O6S/c13-5-1-4-11-10(14)8-3-2-7(12(15)16)6-9(8)19(11,17)18/h2-3,6,13H,1,4-5H2. The van der Waals surface area contributed by atoms with Crippen LogP contribution in [0.25, 0.3) is 0 Å². The second-order valence-corrected chi connectivity index (χ2v) is 5.73. The first kappa shape index (κ1) is 13.4. The number of nitrogens with zero attached hydrogens (tertiary/aromatic N) is 2. The van der Waals surface area contributed by atoms with Crippen molar-refractivity contribution in [2.75, 3.05) is 13.2 Å². The van der Waals surface area contributed by atoms with E-state index in [1.165, 1.54) is 0 Å². The molecule has 0 aromatic heterocycles. The quantitative estimate of drug-likeness (QED) is 0.620. The van der Waals surface area contributed by atoms with Crippen LogP contribution >= 0.6 is 0 Å². The molecule has 1 aliphatic heterocycles. The van der Waals surface area contributed by atoms with Gasteiger partial charge in [0.1, 0.15) is 4.90 Å². The number of sulfonamides is 1. The Balaban J connectivity index is 2.51. The van der Waals surface area contributed by atoms with Crippen LogP contribution in [0, 0.1) is 10.1 Å². The zero-order valence-corrected chi connectivity index (χ0v) is 10.5. The summed E-state index contributed by atoms with van der Waals surface area (Å²) >= 11 is 0. The molecule has 1 aromatic carbocycles. The van der Waals surface area contributed by atoms with E-state index in [9.17, 15) is 23.3 Å². The molecule has 8 nitrogen and oxygen atoms in total. The van der Waals surface area contributed by atoms with Crippen LogP contribution in [-0.4, -0.2) is 41.8 Å². The largest absolute Gasteiger partial charge is 0.396 e. The fourth-order valence-corrected chi connectivity index (χ4v) is 3.44. The lowest BCUT2D eigenvalue weighted by molar-refractivity contribution is -0.385. The number of benzene rings is 1. The second-order valence-electron chi connectivity index (χ2n) is 3.90. The van der Waals surface area contributed by atoms with Crippen LogP contribution in [0.1, 0.15) is 16.8 Å². The number of aliphatic hydroxyl groups excluding tert-OH is 1. The summed E-state index contributed by atoms with van der Waals surface area (Å²) in [6, 6.07) is 3.09. The molecule has 1 N–H and O–H groups in total. The van der Waals surface area contributed by atoms with E-state index in [0.717, 1.165) is 18.2 Å². The van der Waals surface area contributed by atoms with Gasteiger partial charge >= 0.3 is 0 Å². The zero-order valence-electron chi connectivity index (χ0n) is 9.64. The summed E-state index contributed by atoms with van der Waals surface area (Å²) in [6.07, 6.45) is 0.112. The molecule has 0 fully saturated rings. The number of carbonyl (C=O) groups excluding carboxylic acids is 1. The molecule has 2 rings (SSSR count). The van der Waals surface area contributed by atoms with E-state index in [1.54, 1.807) is 0 Å². The Morgan fingerprint density at radius 1 is 1.37 bits per heavy atom. The highest BCUT2D eigenvalue weighted by atomic mass is 32.2. The molecule has 0 saturated heterocycles. The van der Waals surface area contributed by atoms with Gasteiger partial charge in [-0.05, 0) is 12.5 Å². The third-order valence-electron chi connectivity index (χ3n) is 2.72. The Morgan fingerprint density at radius 3 is 2.63 bits per heavy atom. The first-order chi connectivity index (χ1) is 8.89. The number of rotatable bonds is 4. The summed E-state index contributed by atoms with van der Waals surface area (Å²) in [6.45, 7) is -0.407. The van der Waals surface area contributed by atoms with Crippen molar-refractivity contribution < 1.29 is 23.2 Å². The van der Waals surface area contributed by atoms with Gasteiger partial charge in [0, 0.05) is 25.3 Å². The molecule has 1 aliphatic rings. The summed E-state index contributed by atoms with van der Waals surface area (Å²) in [5.74, 6) is -0.724. The van der Waals surface area contributed by atoms with Gasteiger partial charge in [0.15, 0.2) is 0 Å². The van der Waals surface area contributed by atoms with Gasteiger partial charge in [-0.3, -0.25) is 14.9 Å². The van der Waals surface area contributed by atoms with E-state index in [0.29, 0.717) is 4.31 Å². The Morgan fingerprint density at radius 2 is 2.05 bits per heavy atom. The van der Waals surface area contributed by atoms with Gasteiger partial charge in [-0.25, -0.2) is 12.7 Å². The molecule has 0 aliphatic carbocycles. The molecular weight excluding hydrogens is 276 g/mol. The highest BCUT2D eigenvalue weighted by Gasteiger charge is 2.41. The zero-order chi connectivity index (χ0) is 14.2. The van der Waals surface area contributed by atoms with Gasteiger partial charge in [-0.2, -0.15) is 0 Å². The predicted molar refractivity (Wildman–Crippen MR) is 63.0 cm³/mol. The fourth-order valence-electron chi connectivity index (χ4n) is 1.81. The van der Waals surface area contributed by atoms with Crippen molar-refractivity contribution >= 4 is 21.6 Å². The van der Waals surface area contributed by atoms with Gasteiger partial charge in [0.25, 0.3) is 21.6 Å². The number of nitro benzene ring substituents is 1. The molecule has 102 valence electrons. The van der Waals surface area contributed by atoms with E-state index in [4.69, 9.17) is 5.11 Å². The number of aliphatic hydroxyl groups is 1. The lowest BCUT2D eigenvalue weighted by atomic mass is 10.2. The highest BCUT2D eigenvalue weighted by molar-refractivity contribution is 7.90. The first-order valence-corrected chi connectivity index (χ1v) is 6.80. The summed E-state index contributed by atoms with van der Waals surface area (Å²) in [5, 5.41) is 19.3. The van der Waals surface area contributed by atoms with Crippen LogP contribution in [0.15, 0.2) is 23.1 Å². The summed E-state index contributed by atoms with van der Waals surface area (Å²) in [4.78, 5) is 21.4. The van der Waals surface area contributed by atoms with Gasteiger partial charge < -0.3 is 5.11 Å². The van der Waals surface area contributed by atoms with E-state index < -0.39 is 20.9 Å². The molecule has 1 amide bonds. The van der Waals surface area contributed by atoms with E-state index in [-0.39, 0.29) is 35.7 Å². The molecule has 0 atom stereocenters. The molecule has 1 aromatic rings. The Labute approximate surface area is 108 Å². The number of hydrogen-bond acceptors (Lipinski definition) is 6. The number of non-ortho nitro benzene ring substituents is 1. The normalized spacial score (nSPS) is 16.5. The summed E-state index contributed by atoms with van der Waals surface area (Å²) in [5.41, 5.74) is -0.470. The van der Waals surface area contributed by atoms with E-state index >= 15 is 0 Å². The number of nitro groups is 1. The number of amides is 1. The Hall–Kier alpha value is -2.00. The average Bonchev–Trinajstić information content (AvgIpc) is 2.55. The minimum atomic E-state index is -4.06. The lowest BCUT2D eigenvalue weighted by Crippen LogP contribution is -2.31. The third-order valence-corrected chi connectivity index (χ3v) is 4.54. The number of carbonyl (C=O) groups is 1. The molecule has 1 heterocycles.